The Labute approximate surface area is 130 Å². The number of hydrogen-bond acceptors (Lipinski definition) is 5. The fourth-order valence-corrected chi connectivity index (χ4v) is 3.31. The Morgan fingerprint density at radius 1 is 1.32 bits per heavy atom. The molecule has 3 aromatic rings. The van der Waals surface area contributed by atoms with Gasteiger partial charge in [-0.3, -0.25) is 14.2 Å². The molecule has 5 nitrogen and oxygen atoms in total. The zero-order valence-corrected chi connectivity index (χ0v) is 13.0. The van der Waals surface area contributed by atoms with Crippen molar-refractivity contribution in [3.05, 3.63) is 52.6 Å². The molecule has 0 aliphatic heterocycles. The quantitative estimate of drug-likeness (QED) is 0.697. The number of ether oxygens (including phenoxy) is 1. The first-order chi connectivity index (χ1) is 10.6. The van der Waals surface area contributed by atoms with Crippen LogP contribution in [-0.4, -0.2) is 22.6 Å². The van der Waals surface area contributed by atoms with E-state index in [0.717, 1.165) is 10.4 Å². The molecule has 0 saturated carbocycles. The highest BCUT2D eigenvalue weighted by atomic mass is 32.1. The smallest absolute Gasteiger partial charge is 0.325 e. The fraction of sp³-hybridized carbons (Fsp3) is 0.188. The molecule has 0 fully saturated rings. The number of aryl methyl sites for hydroxylation is 1. The normalized spacial score (nSPS) is 10.8. The lowest BCUT2D eigenvalue weighted by Crippen LogP contribution is -2.27. The molecule has 0 aliphatic rings. The molecule has 2 aromatic heterocycles. The van der Waals surface area contributed by atoms with Crippen LogP contribution in [0.4, 0.5) is 0 Å². The second-order valence-corrected chi connectivity index (χ2v) is 5.85. The van der Waals surface area contributed by atoms with Gasteiger partial charge in [-0.2, -0.15) is 0 Å². The number of aromatic nitrogens is 2. The van der Waals surface area contributed by atoms with Crippen molar-refractivity contribution in [2.45, 2.75) is 13.5 Å². The van der Waals surface area contributed by atoms with Gasteiger partial charge in [0.25, 0.3) is 5.56 Å². The summed E-state index contributed by atoms with van der Waals surface area (Å²) in [6, 6.07) is 11.7. The Balaban J connectivity index is 2.15. The van der Waals surface area contributed by atoms with E-state index in [0.29, 0.717) is 16.0 Å². The second-order valence-electron chi connectivity index (χ2n) is 4.82. The molecule has 0 bridgehead atoms. The first-order valence-electron chi connectivity index (χ1n) is 6.73. The lowest BCUT2D eigenvalue weighted by Gasteiger charge is -2.07. The molecule has 0 radical (unpaired) electrons. The lowest BCUT2D eigenvalue weighted by atomic mass is 10.2. The van der Waals surface area contributed by atoms with Crippen molar-refractivity contribution in [1.82, 2.24) is 9.55 Å². The predicted molar refractivity (Wildman–Crippen MR) is 86.1 cm³/mol. The second kappa shape index (κ2) is 5.73. The third-order valence-electron chi connectivity index (χ3n) is 3.42. The molecule has 0 amide bonds. The van der Waals surface area contributed by atoms with Gasteiger partial charge in [-0.05, 0) is 18.6 Å². The fourth-order valence-electron chi connectivity index (χ4n) is 2.24. The first kappa shape index (κ1) is 14.5. The van der Waals surface area contributed by atoms with Crippen LogP contribution in [0.3, 0.4) is 0 Å². The number of thiophene rings is 1. The van der Waals surface area contributed by atoms with Crippen LogP contribution in [-0.2, 0) is 16.1 Å². The molecule has 0 aliphatic carbocycles. The van der Waals surface area contributed by atoms with Gasteiger partial charge in [0.2, 0.25) is 0 Å². The molecule has 1 aromatic carbocycles. The number of esters is 1. The highest BCUT2D eigenvalue weighted by Crippen LogP contribution is 2.30. The summed E-state index contributed by atoms with van der Waals surface area (Å²) in [4.78, 5) is 30.1. The van der Waals surface area contributed by atoms with Gasteiger partial charge in [0, 0.05) is 4.88 Å². The van der Waals surface area contributed by atoms with Gasteiger partial charge in [0.1, 0.15) is 17.2 Å². The van der Waals surface area contributed by atoms with Gasteiger partial charge in [-0.15, -0.1) is 11.3 Å². The van der Waals surface area contributed by atoms with Gasteiger partial charge in [-0.1, -0.05) is 30.3 Å². The molecular weight excluding hydrogens is 300 g/mol. The number of methoxy groups -OCH3 is 1. The summed E-state index contributed by atoms with van der Waals surface area (Å²) < 4.78 is 5.97. The minimum atomic E-state index is -0.468. The number of hydrogen-bond donors (Lipinski definition) is 0. The van der Waals surface area contributed by atoms with Crippen LogP contribution in [0.1, 0.15) is 5.82 Å². The lowest BCUT2D eigenvalue weighted by molar-refractivity contribution is -0.141. The van der Waals surface area contributed by atoms with Crippen molar-refractivity contribution in [1.29, 1.82) is 0 Å². The average Bonchev–Trinajstić information content (AvgIpc) is 2.96. The van der Waals surface area contributed by atoms with Crippen LogP contribution in [0.5, 0.6) is 0 Å². The van der Waals surface area contributed by atoms with E-state index in [4.69, 9.17) is 0 Å². The van der Waals surface area contributed by atoms with Crippen LogP contribution >= 0.6 is 11.3 Å². The van der Waals surface area contributed by atoms with E-state index < -0.39 is 5.97 Å². The van der Waals surface area contributed by atoms with Crippen molar-refractivity contribution in [2.75, 3.05) is 7.11 Å². The molecule has 0 atom stereocenters. The van der Waals surface area contributed by atoms with E-state index in [1.165, 1.54) is 23.0 Å². The minimum absolute atomic E-state index is 0.124. The number of carbonyl (C=O) groups excluding carboxylic acids is 1. The molecule has 112 valence electrons. The molecule has 0 unspecified atom stereocenters. The molecule has 0 saturated heterocycles. The van der Waals surface area contributed by atoms with Gasteiger partial charge in [0.15, 0.2) is 0 Å². The molecular formula is C16H14N2O3S. The zero-order chi connectivity index (χ0) is 15.7. The first-order valence-corrected chi connectivity index (χ1v) is 7.55. The van der Waals surface area contributed by atoms with E-state index in [1.54, 1.807) is 6.92 Å². The SMILES string of the molecule is COC(=O)Cn1c(C)nc2sc(-c3ccccc3)cc2c1=O. The van der Waals surface area contributed by atoms with Gasteiger partial charge in [-0.25, -0.2) is 4.98 Å². The number of rotatable bonds is 3. The van der Waals surface area contributed by atoms with E-state index in [-0.39, 0.29) is 12.1 Å². The van der Waals surface area contributed by atoms with Crippen LogP contribution < -0.4 is 5.56 Å². The zero-order valence-electron chi connectivity index (χ0n) is 12.2. The number of nitrogens with zero attached hydrogens (tertiary/aromatic N) is 2. The van der Waals surface area contributed by atoms with Gasteiger partial charge >= 0.3 is 5.97 Å². The van der Waals surface area contributed by atoms with Crippen LogP contribution in [0.15, 0.2) is 41.2 Å². The van der Waals surface area contributed by atoms with Crippen LogP contribution in [0.2, 0.25) is 0 Å². The van der Waals surface area contributed by atoms with Crippen molar-refractivity contribution >= 4 is 27.5 Å². The maximum Gasteiger partial charge on any atom is 0.325 e. The number of fused-ring (bicyclic) bond motifs is 1. The monoisotopic (exact) mass is 314 g/mol. The van der Waals surface area contributed by atoms with Gasteiger partial charge in [0.05, 0.1) is 12.5 Å². The summed E-state index contributed by atoms with van der Waals surface area (Å²) >= 11 is 1.47. The molecule has 0 N–H and O–H groups in total. The maximum atomic E-state index is 12.6. The third kappa shape index (κ3) is 2.53. The molecule has 0 spiro atoms. The maximum absolute atomic E-state index is 12.6. The average molecular weight is 314 g/mol. The summed E-state index contributed by atoms with van der Waals surface area (Å²) in [5.74, 6) is 0.0363. The molecule has 6 heteroatoms. The predicted octanol–water partition coefficient (Wildman–Crippen LogP) is 2.61. The van der Waals surface area contributed by atoms with E-state index in [1.807, 2.05) is 36.4 Å². The number of benzene rings is 1. The Morgan fingerprint density at radius 3 is 2.73 bits per heavy atom. The largest absolute Gasteiger partial charge is 0.468 e. The standard InChI is InChI=1S/C16H14N2O3S/c1-10-17-15-12(16(20)18(10)9-14(19)21-2)8-13(22-15)11-6-4-3-5-7-11/h3-8H,9H2,1-2H3. The summed E-state index contributed by atoms with van der Waals surface area (Å²) in [6.45, 7) is 1.59. The van der Waals surface area contributed by atoms with Crippen molar-refractivity contribution in [3.8, 4) is 10.4 Å². The van der Waals surface area contributed by atoms with E-state index >= 15 is 0 Å². The van der Waals surface area contributed by atoms with Crippen molar-refractivity contribution < 1.29 is 9.53 Å². The Morgan fingerprint density at radius 2 is 2.05 bits per heavy atom. The Hall–Kier alpha value is -2.47. The Kier molecular flexibility index (Phi) is 3.77. The molecule has 22 heavy (non-hydrogen) atoms. The highest BCUT2D eigenvalue weighted by molar-refractivity contribution is 7.21. The van der Waals surface area contributed by atoms with Gasteiger partial charge < -0.3 is 4.74 Å². The molecule has 2 heterocycles. The van der Waals surface area contributed by atoms with E-state index in [2.05, 4.69) is 9.72 Å². The van der Waals surface area contributed by atoms with Crippen molar-refractivity contribution in [3.63, 3.8) is 0 Å². The summed E-state index contributed by atoms with van der Waals surface area (Å²) in [5.41, 5.74) is 0.827. The molecule has 3 rings (SSSR count). The summed E-state index contributed by atoms with van der Waals surface area (Å²) in [5, 5.41) is 0.526. The summed E-state index contributed by atoms with van der Waals surface area (Å²) in [7, 11) is 1.30. The van der Waals surface area contributed by atoms with Crippen molar-refractivity contribution in [2.24, 2.45) is 0 Å². The van der Waals surface area contributed by atoms with E-state index in [9.17, 15) is 9.59 Å². The topological polar surface area (TPSA) is 61.2 Å². The summed E-state index contributed by atoms with van der Waals surface area (Å²) in [6.07, 6.45) is 0. The third-order valence-corrected chi connectivity index (χ3v) is 4.49. The van der Waals surface area contributed by atoms with Crippen LogP contribution in [0.25, 0.3) is 20.7 Å². The highest BCUT2D eigenvalue weighted by Gasteiger charge is 2.14. The van der Waals surface area contributed by atoms with Crippen LogP contribution in [0, 0.1) is 6.92 Å². The Bertz CT molecular complexity index is 897. The minimum Gasteiger partial charge on any atom is -0.468 e. The number of carbonyl (C=O) groups is 1.